The molecule has 1 aliphatic rings. The van der Waals surface area contributed by atoms with Crippen molar-refractivity contribution in [2.24, 2.45) is 0 Å². The monoisotopic (exact) mass is 395 g/mol. The summed E-state index contributed by atoms with van der Waals surface area (Å²) in [5, 5.41) is 2.43. The molecule has 1 fully saturated rings. The molecule has 7 nitrogen and oxygen atoms in total. The molecule has 0 aliphatic carbocycles. The zero-order valence-corrected chi connectivity index (χ0v) is 16.7. The number of amides is 2. The molecule has 7 heteroatoms. The number of hydrogen-bond donors (Lipinski definition) is 1. The van der Waals surface area contributed by atoms with Crippen LogP contribution in [0.5, 0.6) is 5.75 Å². The summed E-state index contributed by atoms with van der Waals surface area (Å²) >= 11 is 0. The highest BCUT2D eigenvalue weighted by atomic mass is 16.5. The molecule has 3 rings (SSSR count). The minimum atomic E-state index is -0.801. The molecular weight excluding hydrogens is 370 g/mol. The number of methoxy groups -OCH3 is 1. The van der Waals surface area contributed by atoms with Crippen LogP contribution >= 0.6 is 0 Å². The number of carbonyl (C=O) groups is 3. The lowest BCUT2D eigenvalue weighted by atomic mass is 10.1. The average molecular weight is 395 g/mol. The molecule has 152 valence electrons. The minimum absolute atomic E-state index is 0.194. The fraction of sp³-hybridized carbons (Fsp3) is 0.318. The number of benzene rings is 2. The van der Waals surface area contributed by atoms with Crippen LogP contribution in [0.1, 0.15) is 15.9 Å². The molecule has 0 spiro atoms. The Morgan fingerprint density at radius 1 is 1.00 bits per heavy atom. The summed E-state index contributed by atoms with van der Waals surface area (Å²) < 4.78 is 5.06. The third kappa shape index (κ3) is 5.13. The van der Waals surface area contributed by atoms with Gasteiger partial charge in [0.15, 0.2) is 0 Å². The lowest BCUT2D eigenvalue weighted by Gasteiger charge is -2.36. The lowest BCUT2D eigenvalue weighted by molar-refractivity contribution is -0.132. The Balaban J connectivity index is 1.48. The number of rotatable bonds is 6. The van der Waals surface area contributed by atoms with Gasteiger partial charge in [0.25, 0.3) is 5.91 Å². The van der Waals surface area contributed by atoms with Crippen molar-refractivity contribution in [2.75, 3.05) is 44.7 Å². The number of nitrogens with one attached hydrogen (secondary N) is 1. The van der Waals surface area contributed by atoms with Crippen LogP contribution in [0.15, 0.2) is 48.5 Å². The molecule has 1 saturated heterocycles. The van der Waals surface area contributed by atoms with E-state index in [0.717, 1.165) is 18.8 Å². The van der Waals surface area contributed by atoms with E-state index in [4.69, 9.17) is 4.74 Å². The van der Waals surface area contributed by atoms with Crippen molar-refractivity contribution < 1.29 is 19.1 Å². The molecule has 0 saturated carbocycles. The van der Waals surface area contributed by atoms with E-state index >= 15 is 0 Å². The Labute approximate surface area is 170 Å². The first-order chi connectivity index (χ1) is 14.0. The number of hydrogen-bond acceptors (Lipinski definition) is 5. The molecule has 1 heterocycles. The van der Waals surface area contributed by atoms with E-state index in [1.165, 1.54) is 24.8 Å². The first-order valence-corrected chi connectivity index (χ1v) is 9.54. The molecule has 0 aromatic heterocycles. The van der Waals surface area contributed by atoms with Crippen LogP contribution in [0.4, 0.5) is 5.69 Å². The topological polar surface area (TPSA) is 78.9 Å². The normalized spacial score (nSPS) is 13.7. The van der Waals surface area contributed by atoms with Crippen LogP contribution in [0.25, 0.3) is 0 Å². The number of ether oxygens (including phenoxy) is 1. The van der Waals surface area contributed by atoms with Crippen LogP contribution in [-0.2, 0) is 9.59 Å². The Morgan fingerprint density at radius 3 is 2.41 bits per heavy atom. The zero-order valence-electron chi connectivity index (χ0n) is 16.7. The average Bonchev–Trinajstić information content (AvgIpc) is 2.76. The van der Waals surface area contributed by atoms with E-state index in [0.29, 0.717) is 18.8 Å². The fourth-order valence-corrected chi connectivity index (χ4v) is 3.28. The molecule has 2 aromatic carbocycles. The van der Waals surface area contributed by atoms with Crippen LogP contribution in [0.3, 0.4) is 0 Å². The maximum Gasteiger partial charge on any atom is 0.292 e. The van der Waals surface area contributed by atoms with E-state index in [1.807, 2.05) is 6.07 Å². The van der Waals surface area contributed by atoms with Gasteiger partial charge in [-0.25, -0.2) is 0 Å². The van der Waals surface area contributed by atoms with Crippen molar-refractivity contribution in [3.05, 3.63) is 59.7 Å². The van der Waals surface area contributed by atoms with Gasteiger partial charge in [-0.05, 0) is 36.8 Å². The van der Waals surface area contributed by atoms with Crippen LogP contribution in [0.2, 0.25) is 0 Å². The molecule has 0 atom stereocenters. The highest BCUT2D eigenvalue weighted by Gasteiger charge is 2.23. The SMILES string of the molecule is COc1cccc(C(=O)C(=O)NCC(=O)N2CCN(c3cccc(C)c3)CC2)c1. The molecule has 2 amide bonds. The summed E-state index contributed by atoms with van der Waals surface area (Å²) in [4.78, 5) is 40.7. The van der Waals surface area contributed by atoms with Gasteiger partial charge < -0.3 is 19.9 Å². The number of Topliss-reactive ketones (excluding diaryl/α,β-unsaturated/α-hetero) is 1. The lowest BCUT2D eigenvalue weighted by Crippen LogP contribution is -2.51. The van der Waals surface area contributed by atoms with Crippen LogP contribution < -0.4 is 15.0 Å². The number of piperazine rings is 1. The van der Waals surface area contributed by atoms with Crippen molar-refractivity contribution in [2.45, 2.75) is 6.92 Å². The minimum Gasteiger partial charge on any atom is -0.497 e. The number of aryl methyl sites for hydroxylation is 1. The summed E-state index contributed by atoms with van der Waals surface area (Å²) in [6.45, 7) is 4.47. The van der Waals surface area contributed by atoms with Gasteiger partial charge in [-0.15, -0.1) is 0 Å². The summed E-state index contributed by atoms with van der Waals surface area (Å²) in [6.07, 6.45) is 0. The Kier molecular flexibility index (Phi) is 6.49. The second kappa shape index (κ2) is 9.23. The Morgan fingerprint density at radius 2 is 1.72 bits per heavy atom. The van der Waals surface area contributed by atoms with Gasteiger partial charge in [-0.3, -0.25) is 14.4 Å². The number of ketones is 1. The van der Waals surface area contributed by atoms with Gasteiger partial charge in [0.2, 0.25) is 11.7 Å². The molecule has 0 unspecified atom stereocenters. The third-order valence-corrected chi connectivity index (χ3v) is 4.94. The zero-order chi connectivity index (χ0) is 20.8. The molecule has 0 radical (unpaired) electrons. The Bertz CT molecular complexity index is 904. The first kappa shape index (κ1) is 20.4. The van der Waals surface area contributed by atoms with E-state index in [2.05, 4.69) is 35.3 Å². The molecular formula is C22H25N3O4. The number of anilines is 1. The van der Waals surface area contributed by atoms with Gasteiger partial charge in [-0.2, -0.15) is 0 Å². The largest absolute Gasteiger partial charge is 0.497 e. The van der Waals surface area contributed by atoms with Gasteiger partial charge in [-0.1, -0.05) is 24.3 Å². The van der Waals surface area contributed by atoms with Crippen molar-refractivity contribution in [3.63, 3.8) is 0 Å². The predicted molar refractivity (Wildman–Crippen MR) is 110 cm³/mol. The standard InChI is InChI=1S/C22H25N3O4/c1-16-5-3-7-18(13-16)24-9-11-25(12-10-24)20(26)15-23-22(28)21(27)17-6-4-8-19(14-17)29-2/h3-8,13-14H,9-12,15H2,1-2H3,(H,23,28). The first-order valence-electron chi connectivity index (χ1n) is 9.54. The third-order valence-electron chi connectivity index (χ3n) is 4.94. The van der Waals surface area contributed by atoms with E-state index in [1.54, 1.807) is 17.0 Å². The molecule has 29 heavy (non-hydrogen) atoms. The van der Waals surface area contributed by atoms with Crippen LogP contribution in [-0.4, -0.2) is 62.3 Å². The Hall–Kier alpha value is -3.35. The van der Waals surface area contributed by atoms with Crippen molar-refractivity contribution >= 4 is 23.3 Å². The van der Waals surface area contributed by atoms with Gasteiger partial charge in [0.1, 0.15) is 5.75 Å². The maximum absolute atomic E-state index is 12.4. The molecule has 0 bridgehead atoms. The molecule has 2 aromatic rings. The second-order valence-electron chi connectivity index (χ2n) is 6.95. The van der Waals surface area contributed by atoms with Gasteiger partial charge >= 0.3 is 0 Å². The van der Waals surface area contributed by atoms with Crippen LogP contribution in [0, 0.1) is 6.92 Å². The fourth-order valence-electron chi connectivity index (χ4n) is 3.28. The van der Waals surface area contributed by atoms with Crippen molar-refractivity contribution in [1.29, 1.82) is 0 Å². The van der Waals surface area contributed by atoms with Crippen molar-refractivity contribution in [3.8, 4) is 5.75 Å². The second-order valence-corrected chi connectivity index (χ2v) is 6.95. The summed E-state index contributed by atoms with van der Waals surface area (Å²) in [5.74, 6) is -1.20. The maximum atomic E-state index is 12.4. The highest BCUT2D eigenvalue weighted by Crippen LogP contribution is 2.18. The predicted octanol–water partition coefficient (Wildman–Crippen LogP) is 1.65. The summed E-state index contributed by atoms with van der Waals surface area (Å²) in [6, 6.07) is 14.6. The summed E-state index contributed by atoms with van der Waals surface area (Å²) in [7, 11) is 1.49. The van der Waals surface area contributed by atoms with E-state index < -0.39 is 11.7 Å². The number of carbonyl (C=O) groups excluding carboxylic acids is 3. The van der Waals surface area contributed by atoms with Crippen molar-refractivity contribution in [1.82, 2.24) is 10.2 Å². The van der Waals surface area contributed by atoms with Gasteiger partial charge in [0, 0.05) is 37.4 Å². The smallest absolute Gasteiger partial charge is 0.292 e. The quantitative estimate of drug-likeness (QED) is 0.594. The molecule has 1 aliphatic heterocycles. The highest BCUT2D eigenvalue weighted by molar-refractivity contribution is 6.43. The molecule has 1 N–H and O–H groups in total. The van der Waals surface area contributed by atoms with E-state index in [-0.39, 0.29) is 18.0 Å². The van der Waals surface area contributed by atoms with Gasteiger partial charge in [0.05, 0.1) is 13.7 Å². The number of nitrogens with zero attached hydrogens (tertiary/aromatic N) is 2. The van der Waals surface area contributed by atoms with E-state index in [9.17, 15) is 14.4 Å². The summed E-state index contributed by atoms with van der Waals surface area (Å²) in [5.41, 5.74) is 2.57.